The van der Waals surface area contributed by atoms with Gasteiger partial charge in [-0.2, -0.15) is 0 Å². The number of ether oxygens (including phenoxy) is 1. The number of halogens is 1. The third-order valence-corrected chi connectivity index (χ3v) is 3.83. The summed E-state index contributed by atoms with van der Waals surface area (Å²) in [6.07, 6.45) is 0.694. The van der Waals surface area contributed by atoms with Crippen LogP contribution in [0.15, 0.2) is 71.1 Å². The highest BCUT2D eigenvalue weighted by Gasteiger charge is 2.13. The predicted octanol–water partition coefficient (Wildman–Crippen LogP) is 4.42. The average molecular weight is 353 g/mol. The van der Waals surface area contributed by atoms with Gasteiger partial charge < -0.3 is 14.5 Å². The van der Waals surface area contributed by atoms with Crippen LogP contribution in [0.5, 0.6) is 0 Å². The van der Waals surface area contributed by atoms with Gasteiger partial charge in [-0.15, -0.1) is 0 Å². The third-order valence-electron chi connectivity index (χ3n) is 3.83. The lowest BCUT2D eigenvalue weighted by Gasteiger charge is -2.05. The maximum atomic E-state index is 13.8. The summed E-state index contributed by atoms with van der Waals surface area (Å²) < 4.78 is 24.8. The Labute approximate surface area is 151 Å². The second kappa shape index (κ2) is 8.97. The van der Waals surface area contributed by atoms with Gasteiger partial charge in [0.2, 0.25) is 0 Å². The largest absolute Gasteiger partial charge is 0.451 e. The Balaban J connectivity index is 1.41. The van der Waals surface area contributed by atoms with Crippen molar-refractivity contribution in [2.75, 3.05) is 13.2 Å². The molecule has 0 atom stereocenters. The van der Waals surface area contributed by atoms with Crippen molar-refractivity contribution in [2.45, 2.75) is 13.0 Å². The Morgan fingerprint density at radius 3 is 2.58 bits per heavy atom. The first-order valence-electron chi connectivity index (χ1n) is 8.48. The summed E-state index contributed by atoms with van der Waals surface area (Å²) in [5, 5.41) is 2.77. The van der Waals surface area contributed by atoms with E-state index in [2.05, 4.69) is 5.32 Å². The molecule has 4 nitrogen and oxygen atoms in total. The van der Waals surface area contributed by atoms with Gasteiger partial charge in [-0.3, -0.25) is 4.79 Å². The Kier molecular flexibility index (Phi) is 6.17. The van der Waals surface area contributed by atoms with Crippen molar-refractivity contribution in [1.82, 2.24) is 5.32 Å². The van der Waals surface area contributed by atoms with E-state index >= 15 is 0 Å². The molecule has 1 aromatic heterocycles. The van der Waals surface area contributed by atoms with Crippen molar-refractivity contribution >= 4 is 5.91 Å². The number of hydrogen-bond donors (Lipinski definition) is 1. The fourth-order valence-electron chi connectivity index (χ4n) is 2.49. The van der Waals surface area contributed by atoms with E-state index in [4.69, 9.17) is 9.15 Å². The van der Waals surface area contributed by atoms with E-state index in [1.165, 1.54) is 6.07 Å². The monoisotopic (exact) mass is 353 g/mol. The Hall–Kier alpha value is -2.92. The Morgan fingerprint density at radius 2 is 1.77 bits per heavy atom. The second-order valence-electron chi connectivity index (χ2n) is 5.79. The molecule has 0 saturated carbocycles. The Bertz CT molecular complexity index is 845. The van der Waals surface area contributed by atoms with Crippen molar-refractivity contribution in [2.24, 2.45) is 0 Å². The molecule has 0 unspecified atom stereocenters. The summed E-state index contributed by atoms with van der Waals surface area (Å²) in [5.41, 5.74) is 1.45. The molecule has 5 heteroatoms. The standard InChI is InChI=1S/C21H20FNO3/c22-18-10-5-4-9-17(18)19-11-12-20(26-19)21(24)23-13-6-14-25-15-16-7-2-1-3-8-16/h1-5,7-12H,6,13-15H2,(H,23,24). The molecule has 2 aromatic carbocycles. The minimum atomic E-state index is -0.385. The number of carbonyl (C=O) groups is 1. The zero-order valence-electron chi connectivity index (χ0n) is 14.3. The van der Waals surface area contributed by atoms with Gasteiger partial charge in [0, 0.05) is 13.2 Å². The van der Waals surface area contributed by atoms with E-state index in [9.17, 15) is 9.18 Å². The van der Waals surface area contributed by atoms with Crippen molar-refractivity contribution < 1.29 is 18.3 Å². The van der Waals surface area contributed by atoms with E-state index in [1.807, 2.05) is 30.3 Å². The number of nitrogens with one attached hydrogen (secondary N) is 1. The zero-order chi connectivity index (χ0) is 18.2. The average Bonchev–Trinajstić information content (AvgIpc) is 3.15. The van der Waals surface area contributed by atoms with Crippen LogP contribution in [0.25, 0.3) is 11.3 Å². The first kappa shape index (κ1) is 17.9. The number of amides is 1. The molecule has 26 heavy (non-hydrogen) atoms. The smallest absolute Gasteiger partial charge is 0.287 e. The van der Waals surface area contributed by atoms with Crippen molar-refractivity contribution in [1.29, 1.82) is 0 Å². The molecule has 0 aliphatic carbocycles. The van der Waals surface area contributed by atoms with Crippen molar-refractivity contribution in [3.8, 4) is 11.3 Å². The molecule has 3 aromatic rings. The van der Waals surface area contributed by atoms with Crippen LogP contribution in [0, 0.1) is 5.82 Å². The first-order chi connectivity index (χ1) is 12.7. The highest BCUT2D eigenvalue weighted by atomic mass is 19.1. The molecule has 0 aliphatic heterocycles. The zero-order valence-corrected chi connectivity index (χ0v) is 14.3. The minimum absolute atomic E-state index is 0.161. The third kappa shape index (κ3) is 4.80. The lowest BCUT2D eigenvalue weighted by atomic mass is 10.1. The van der Waals surface area contributed by atoms with Gasteiger partial charge in [0.05, 0.1) is 12.2 Å². The predicted molar refractivity (Wildman–Crippen MR) is 97.2 cm³/mol. The molecule has 0 spiro atoms. The lowest BCUT2D eigenvalue weighted by Crippen LogP contribution is -2.24. The van der Waals surface area contributed by atoms with Crippen LogP contribution in [0.3, 0.4) is 0 Å². The molecule has 134 valence electrons. The number of carbonyl (C=O) groups excluding carboxylic acids is 1. The molecule has 1 N–H and O–H groups in total. The molecule has 0 radical (unpaired) electrons. The molecular formula is C21H20FNO3. The van der Waals surface area contributed by atoms with E-state index < -0.39 is 0 Å². The molecule has 0 saturated heterocycles. The molecule has 1 heterocycles. The molecular weight excluding hydrogens is 333 g/mol. The van der Waals surface area contributed by atoms with Crippen molar-refractivity contribution in [3.05, 3.63) is 83.9 Å². The summed E-state index contributed by atoms with van der Waals surface area (Å²) in [5.74, 6) is -0.215. The van der Waals surface area contributed by atoms with E-state index in [1.54, 1.807) is 30.3 Å². The molecule has 3 rings (SSSR count). The van der Waals surface area contributed by atoms with Crippen LogP contribution < -0.4 is 5.32 Å². The van der Waals surface area contributed by atoms with Crippen LogP contribution in [0.4, 0.5) is 4.39 Å². The highest BCUT2D eigenvalue weighted by Crippen LogP contribution is 2.24. The number of rotatable bonds is 8. The fourth-order valence-corrected chi connectivity index (χ4v) is 2.49. The maximum Gasteiger partial charge on any atom is 0.287 e. The van der Waals surface area contributed by atoms with Gasteiger partial charge in [0.15, 0.2) is 5.76 Å². The molecule has 0 fully saturated rings. The summed E-state index contributed by atoms with van der Waals surface area (Å²) in [7, 11) is 0. The van der Waals surface area contributed by atoms with Crippen LogP contribution >= 0.6 is 0 Å². The maximum absolute atomic E-state index is 13.8. The summed E-state index contributed by atoms with van der Waals surface area (Å²) in [4.78, 5) is 12.1. The molecule has 1 amide bonds. The minimum Gasteiger partial charge on any atom is -0.451 e. The second-order valence-corrected chi connectivity index (χ2v) is 5.79. The summed E-state index contributed by atoms with van der Waals surface area (Å²) >= 11 is 0. The van der Waals surface area contributed by atoms with E-state index in [0.717, 1.165) is 5.56 Å². The number of furan rings is 1. The van der Waals surface area contributed by atoms with Crippen LogP contribution in [-0.4, -0.2) is 19.1 Å². The van der Waals surface area contributed by atoms with Gasteiger partial charge in [-0.1, -0.05) is 42.5 Å². The quantitative estimate of drug-likeness (QED) is 0.610. The van der Waals surface area contributed by atoms with Gasteiger partial charge in [-0.25, -0.2) is 4.39 Å². The first-order valence-corrected chi connectivity index (χ1v) is 8.48. The highest BCUT2D eigenvalue weighted by molar-refractivity contribution is 5.92. The number of hydrogen-bond acceptors (Lipinski definition) is 3. The van der Waals surface area contributed by atoms with E-state index in [-0.39, 0.29) is 17.5 Å². The topological polar surface area (TPSA) is 51.5 Å². The van der Waals surface area contributed by atoms with Gasteiger partial charge in [-0.05, 0) is 36.2 Å². The van der Waals surface area contributed by atoms with Crippen LogP contribution in [-0.2, 0) is 11.3 Å². The fraction of sp³-hybridized carbons (Fsp3) is 0.190. The van der Waals surface area contributed by atoms with Crippen LogP contribution in [0.2, 0.25) is 0 Å². The van der Waals surface area contributed by atoms with Crippen molar-refractivity contribution in [3.63, 3.8) is 0 Å². The van der Waals surface area contributed by atoms with Gasteiger partial charge in [0.25, 0.3) is 5.91 Å². The molecule has 0 aliphatic rings. The van der Waals surface area contributed by atoms with Crippen LogP contribution in [0.1, 0.15) is 22.5 Å². The van der Waals surface area contributed by atoms with Gasteiger partial charge in [0.1, 0.15) is 11.6 Å². The lowest BCUT2D eigenvalue weighted by molar-refractivity contribution is 0.0909. The summed E-state index contributed by atoms with van der Waals surface area (Å²) in [6.45, 7) is 1.58. The SMILES string of the molecule is O=C(NCCCOCc1ccccc1)c1ccc(-c2ccccc2F)o1. The van der Waals surface area contributed by atoms with E-state index in [0.29, 0.717) is 37.5 Å². The number of benzene rings is 2. The van der Waals surface area contributed by atoms with Gasteiger partial charge >= 0.3 is 0 Å². The Morgan fingerprint density at radius 1 is 1.00 bits per heavy atom. The molecule has 0 bridgehead atoms. The summed E-state index contributed by atoms with van der Waals surface area (Å²) in [6, 6.07) is 19.3. The normalized spacial score (nSPS) is 10.7.